The van der Waals surface area contributed by atoms with Crippen molar-refractivity contribution in [1.29, 1.82) is 5.26 Å². The van der Waals surface area contributed by atoms with Gasteiger partial charge in [-0.05, 0) is 40.0 Å². The lowest BCUT2D eigenvalue weighted by molar-refractivity contribution is 0.0342. The summed E-state index contributed by atoms with van der Waals surface area (Å²) in [6.07, 6.45) is 2.02. The molecule has 0 spiro atoms. The summed E-state index contributed by atoms with van der Waals surface area (Å²) >= 11 is 3.07. The number of nitriles is 1. The summed E-state index contributed by atoms with van der Waals surface area (Å²) in [6.45, 7) is 0.415. The maximum Gasteiger partial charge on any atom is 0.254 e. The topological polar surface area (TPSA) is 126 Å². The Bertz CT molecular complexity index is 911. The third-order valence-electron chi connectivity index (χ3n) is 4.37. The lowest BCUT2D eigenvalue weighted by Gasteiger charge is -2.26. The number of carbonyl (C=O) groups is 1. The number of rotatable bonds is 5. The number of nitrogens with two attached hydrogens (primary N) is 1. The summed E-state index contributed by atoms with van der Waals surface area (Å²) in [5.74, 6) is -1.46. The third kappa shape index (κ3) is 3.95. The van der Waals surface area contributed by atoms with Gasteiger partial charge in [-0.3, -0.25) is 9.48 Å². The highest BCUT2D eigenvalue weighted by Gasteiger charge is 2.29. The van der Waals surface area contributed by atoms with E-state index in [0.717, 1.165) is 0 Å². The SMILES string of the molecule is N#C[C@H]1CCOC[C@@H]1n1cc(C(N)=O)c(Nc2cc(F)c(Br)c(CO)c2)n1. The molecular formula is C17H17BrFN5O3. The van der Waals surface area contributed by atoms with E-state index in [2.05, 4.69) is 32.4 Å². The highest BCUT2D eigenvalue weighted by molar-refractivity contribution is 9.10. The van der Waals surface area contributed by atoms with Crippen LogP contribution >= 0.6 is 15.9 Å². The van der Waals surface area contributed by atoms with E-state index < -0.39 is 11.7 Å². The molecule has 1 aliphatic heterocycles. The molecule has 8 nitrogen and oxygen atoms in total. The zero-order valence-corrected chi connectivity index (χ0v) is 15.7. The number of hydrogen-bond acceptors (Lipinski definition) is 6. The smallest absolute Gasteiger partial charge is 0.254 e. The first-order valence-electron chi connectivity index (χ1n) is 8.16. The highest BCUT2D eigenvalue weighted by Crippen LogP contribution is 2.30. The van der Waals surface area contributed by atoms with Crippen molar-refractivity contribution in [1.82, 2.24) is 9.78 Å². The monoisotopic (exact) mass is 437 g/mol. The molecule has 0 aliphatic carbocycles. The first-order valence-corrected chi connectivity index (χ1v) is 8.96. The predicted molar refractivity (Wildman–Crippen MR) is 97.6 cm³/mol. The van der Waals surface area contributed by atoms with Crippen LogP contribution in [-0.2, 0) is 11.3 Å². The first-order chi connectivity index (χ1) is 12.9. The fourth-order valence-electron chi connectivity index (χ4n) is 2.94. The largest absolute Gasteiger partial charge is 0.392 e. The van der Waals surface area contributed by atoms with Crippen LogP contribution in [-0.4, -0.2) is 34.0 Å². The van der Waals surface area contributed by atoms with E-state index in [1.807, 2.05) is 0 Å². The summed E-state index contributed by atoms with van der Waals surface area (Å²) in [4.78, 5) is 11.8. The van der Waals surface area contributed by atoms with Crippen molar-refractivity contribution in [3.8, 4) is 6.07 Å². The Morgan fingerprint density at radius 3 is 3.04 bits per heavy atom. The average Bonchev–Trinajstić information content (AvgIpc) is 3.08. The fraction of sp³-hybridized carbons (Fsp3) is 0.353. The van der Waals surface area contributed by atoms with E-state index in [9.17, 15) is 19.6 Å². The predicted octanol–water partition coefficient (Wildman–Crippen LogP) is 2.22. The number of benzene rings is 1. The van der Waals surface area contributed by atoms with Crippen LogP contribution in [0.15, 0.2) is 22.8 Å². The van der Waals surface area contributed by atoms with E-state index in [1.54, 1.807) is 0 Å². The molecule has 142 valence electrons. The van der Waals surface area contributed by atoms with Gasteiger partial charge in [0.2, 0.25) is 0 Å². The first kappa shape index (κ1) is 19.3. The van der Waals surface area contributed by atoms with Crippen molar-refractivity contribution >= 4 is 33.3 Å². The molecule has 3 rings (SSSR count). The second-order valence-corrected chi connectivity index (χ2v) is 6.91. The number of hydrogen-bond donors (Lipinski definition) is 3. The van der Waals surface area contributed by atoms with Crippen LogP contribution in [0.25, 0.3) is 0 Å². The zero-order chi connectivity index (χ0) is 19.6. The van der Waals surface area contributed by atoms with Crippen LogP contribution in [0.5, 0.6) is 0 Å². The standard InChI is InChI=1S/C17H17BrFN5O3/c18-15-10(7-25)3-11(4-13(15)19)22-17-12(16(21)26)6-24(23-17)14-8-27-2-1-9(14)5-20/h3-4,6,9,14,25H,1-2,7-8H2,(H2,21,26)(H,22,23)/t9-,14+/m1/s1. The number of halogens is 2. The summed E-state index contributed by atoms with van der Waals surface area (Å²) in [6, 6.07) is 4.60. The molecule has 27 heavy (non-hydrogen) atoms. The maximum atomic E-state index is 14.0. The normalized spacial score (nSPS) is 19.5. The number of aliphatic hydroxyl groups is 1. The third-order valence-corrected chi connectivity index (χ3v) is 5.25. The Morgan fingerprint density at radius 1 is 1.59 bits per heavy atom. The summed E-state index contributed by atoms with van der Waals surface area (Å²) in [5.41, 5.74) is 6.17. The lowest BCUT2D eigenvalue weighted by Crippen LogP contribution is -2.29. The second kappa shape index (κ2) is 8.04. The van der Waals surface area contributed by atoms with E-state index >= 15 is 0 Å². The summed E-state index contributed by atoms with van der Waals surface area (Å²) in [5, 5.41) is 25.9. The van der Waals surface area contributed by atoms with Gasteiger partial charge < -0.3 is 20.9 Å². The van der Waals surface area contributed by atoms with Gasteiger partial charge in [0.1, 0.15) is 11.4 Å². The molecule has 0 radical (unpaired) electrons. The van der Waals surface area contributed by atoms with Gasteiger partial charge in [-0.25, -0.2) is 4.39 Å². The Kier molecular flexibility index (Phi) is 5.74. The number of amides is 1. The van der Waals surface area contributed by atoms with Crippen molar-refractivity contribution in [2.24, 2.45) is 11.7 Å². The molecule has 0 saturated carbocycles. The van der Waals surface area contributed by atoms with Crippen molar-refractivity contribution in [2.45, 2.75) is 19.1 Å². The van der Waals surface area contributed by atoms with Gasteiger partial charge in [-0.15, -0.1) is 0 Å². The van der Waals surface area contributed by atoms with Gasteiger partial charge in [0.25, 0.3) is 5.91 Å². The number of nitrogens with one attached hydrogen (secondary N) is 1. The molecule has 1 amide bonds. The van der Waals surface area contributed by atoms with Crippen LogP contribution in [0.1, 0.15) is 28.4 Å². The van der Waals surface area contributed by atoms with Gasteiger partial charge in [-0.1, -0.05) is 0 Å². The minimum absolute atomic E-state index is 0.103. The van der Waals surface area contributed by atoms with Gasteiger partial charge in [0.05, 0.1) is 35.7 Å². The Hall–Kier alpha value is -2.48. The number of primary amides is 1. The molecular weight excluding hydrogens is 421 g/mol. The minimum atomic E-state index is -0.714. The summed E-state index contributed by atoms with van der Waals surface area (Å²) < 4.78 is 21.1. The fourth-order valence-corrected chi connectivity index (χ4v) is 3.29. The molecule has 2 atom stereocenters. The minimum Gasteiger partial charge on any atom is -0.392 e. The molecule has 2 heterocycles. The van der Waals surface area contributed by atoms with Crippen LogP contribution in [0.2, 0.25) is 0 Å². The molecule has 1 fully saturated rings. The number of ether oxygens (including phenoxy) is 1. The van der Waals surface area contributed by atoms with Crippen LogP contribution in [0, 0.1) is 23.1 Å². The molecule has 1 aromatic heterocycles. The highest BCUT2D eigenvalue weighted by atomic mass is 79.9. The number of nitrogens with zero attached hydrogens (tertiary/aromatic N) is 3. The molecule has 2 aromatic rings. The Labute approximate surface area is 162 Å². The molecule has 4 N–H and O–H groups in total. The van der Waals surface area contributed by atoms with Gasteiger partial charge in [0, 0.05) is 18.5 Å². The quantitative estimate of drug-likeness (QED) is 0.657. The van der Waals surface area contributed by atoms with Crippen molar-refractivity contribution in [3.63, 3.8) is 0 Å². The van der Waals surface area contributed by atoms with Gasteiger partial charge in [0.15, 0.2) is 5.82 Å². The average molecular weight is 438 g/mol. The number of carbonyl (C=O) groups excluding carboxylic acids is 1. The summed E-state index contributed by atoms with van der Waals surface area (Å²) in [7, 11) is 0. The van der Waals surface area contributed by atoms with Crippen LogP contribution < -0.4 is 11.1 Å². The molecule has 1 aromatic carbocycles. The number of aromatic nitrogens is 2. The maximum absolute atomic E-state index is 14.0. The Balaban J connectivity index is 1.96. The van der Waals surface area contributed by atoms with Gasteiger partial charge >= 0.3 is 0 Å². The van der Waals surface area contributed by atoms with E-state index in [1.165, 1.54) is 23.0 Å². The van der Waals surface area contributed by atoms with Crippen LogP contribution in [0.3, 0.4) is 0 Å². The number of aliphatic hydroxyl groups excluding tert-OH is 1. The molecule has 0 unspecified atom stereocenters. The molecule has 0 bridgehead atoms. The second-order valence-electron chi connectivity index (χ2n) is 6.12. The Morgan fingerprint density at radius 2 is 2.37 bits per heavy atom. The van der Waals surface area contributed by atoms with Gasteiger partial charge in [-0.2, -0.15) is 10.4 Å². The van der Waals surface area contributed by atoms with Crippen molar-refractivity contribution in [3.05, 3.63) is 39.7 Å². The molecule has 1 saturated heterocycles. The number of anilines is 2. The molecule has 10 heteroatoms. The lowest BCUT2D eigenvalue weighted by atomic mass is 9.97. The van der Waals surface area contributed by atoms with E-state index in [-0.39, 0.29) is 34.4 Å². The van der Waals surface area contributed by atoms with Crippen molar-refractivity contribution in [2.75, 3.05) is 18.5 Å². The molecule has 1 aliphatic rings. The van der Waals surface area contributed by atoms with E-state index in [4.69, 9.17) is 10.5 Å². The zero-order valence-electron chi connectivity index (χ0n) is 14.2. The van der Waals surface area contributed by atoms with Crippen LogP contribution in [0.4, 0.5) is 15.9 Å². The van der Waals surface area contributed by atoms with E-state index in [0.29, 0.717) is 30.9 Å². The van der Waals surface area contributed by atoms with Crippen molar-refractivity contribution < 1.29 is 19.0 Å².